The lowest BCUT2D eigenvalue weighted by Crippen LogP contribution is -2.49. The molecule has 122 valence electrons. The van der Waals surface area contributed by atoms with E-state index in [0.717, 1.165) is 17.8 Å². The largest absolute Gasteiger partial charge is 0.473 e. The van der Waals surface area contributed by atoms with Crippen LogP contribution in [0.1, 0.15) is 25.8 Å². The maximum Gasteiger partial charge on any atom is 0.352 e. The van der Waals surface area contributed by atoms with Gasteiger partial charge < -0.3 is 9.64 Å². The minimum absolute atomic E-state index is 0.00197. The Kier molecular flexibility index (Phi) is 4.06. The molecule has 1 aliphatic rings. The number of anilines is 1. The molecule has 3 rings (SSSR count). The van der Waals surface area contributed by atoms with Crippen molar-refractivity contribution in [1.29, 1.82) is 0 Å². The lowest BCUT2D eigenvalue weighted by Gasteiger charge is -2.42. The van der Waals surface area contributed by atoms with Crippen molar-refractivity contribution in [2.75, 3.05) is 11.9 Å². The normalized spacial score (nSPS) is 16.1. The quantitative estimate of drug-likeness (QED) is 0.866. The third-order valence-corrected chi connectivity index (χ3v) is 4.68. The minimum Gasteiger partial charge on any atom is -0.473 e. The summed E-state index contributed by atoms with van der Waals surface area (Å²) < 4.78 is 7.39. The van der Waals surface area contributed by atoms with Gasteiger partial charge in [0.15, 0.2) is 0 Å². The molecule has 6 heteroatoms. The first-order valence-electron chi connectivity index (χ1n) is 7.60. The summed E-state index contributed by atoms with van der Waals surface area (Å²) in [5.41, 5.74) is 0.662. The Bertz CT molecular complexity index is 786. The van der Waals surface area contributed by atoms with Crippen LogP contribution in [0.4, 0.5) is 5.82 Å². The first-order valence-corrected chi connectivity index (χ1v) is 7.97. The number of hydrogen-bond acceptors (Lipinski definition) is 4. The van der Waals surface area contributed by atoms with Gasteiger partial charge in [-0.25, -0.2) is 4.79 Å². The highest BCUT2D eigenvalue weighted by molar-refractivity contribution is 6.30. The van der Waals surface area contributed by atoms with Crippen LogP contribution in [0.15, 0.2) is 35.1 Å². The van der Waals surface area contributed by atoms with E-state index >= 15 is 0 Å². The van der Waals surface area contributed by atoms with Crippen molar-refractivity contribution in [2.45, 2.75) is 39.0 Å². The molecule has 0 radical (unpaired) electrons. The standard InChI is InChI=1S/C17H20ClN3O2/c1-17(2)7-8-21-15(20(17)3)10-14(19-16(21)22)23-11-12-5-4-6-13(18)9-12/h4-6,9-10H,7-8,11H2,1-3H3. The van der Waals surface area contributed by atoms with E-state index in [2.05, 4.69) is 23.7 Å². The molecule has 0 fully saturated rings. The van der Waals surface area contributed by atoms with E-state index in [-0.39, 0.29) is 11.2 Å². The number of hydrogen-bond donors (Lipinski definition) is 0. The van der Waals surface area contributed by atoms with Crippen molar-refractivity contribution < 1.29 is 4.74 Å². The highest BCUT2D eigenvalue weighted by Gasteiger charge is 2.31. The Balaban J connectivity index is 1.86. The molecule has 0 saturated carbocycles. The fourth-order valence-corrected chi connectivity index (χ4v) is 2.90. The van der Waals surface area contributed by atoms with Crippen molar-refractivity contribution >= 4 is 17.4 Å². The molecule has 0 atom stereocenters. The van der Waals surface area contributed by atoms with Crippen LogP contribution in [0.2, 0.25) is 5.02 Å². The summed E-state index contributed by atoms with van der Waals surface area (Å²) in [6.45, 7) is 5.32. The summed E-state index contributed by atoms with van der Waals surface area (Å²) in [4.78, 5) is 18.4. The maximum atomic E-state index is 12.2. The van der Waals surface area contributed by atoms with Gasteiger partial charge in [0.25, 0.3) is 0 Å². The van der Waals surface area contributed by atoms with Crippen LogP contribution >= 0.6 is 11.6 Å². The van der Waals surface area contributed by atoms with Gasteiger partial charge in [-0.3, -0.25) is 4.57 Å². The Hall–Kier alpha value is -2.01. The molecular weight excluding hydrogens is 314 g/mol. The first-order chi connectivity index (χ1) is 10.9. The van der Waals surface area contributed by atoms with Crippen LogP contribution in [0.25, 0.3) is 0 Å². The number of aromatic nitrogens is 2. The number of halogens is 1. The van der Waals surface area contributed by atoms with Gasteiger partial charge in [-0.05, 0) is 38.0 Å². The molecule has 5 nitrogen and oxygen atoms in total. The van der Waals surface area contributed by atoms with Crippen molar-refractivity contribution in [3.63, 3.8) is 0 Å². The van der Waals surface area contributed by atoms with Gasteiger partial charge in [0.05, 0.1) is 0 Å². The molecule has 23 heavy (non-hydrogen) atoms. The molecule has 0 spiro atoms. The first kappa shape index (κ1) is 15.9. The van der Waals surface area contributed by atoms with Gasteiger partial charge in [0.1, 0.15) is 12.4 Å². The molecular formula is C17H20ClN3O2. The van der Waals surface area contributed by atoms with Crippen molar-refractivity contribution in [3.8, 4) is 5.88 Å². The highest BCUT2D eigenvalue weighted by atomic mass is 35.5. The van der Waals surface area contributed by atoms with Gasteiger partial charge in [-0.15, -0.1) is 0 Å². The third-order valence-electron chi connectivity index (χ3n) is 4.44. The van der Waals surface area contributed by atoms with Crippen LogP contribution in [0.5, 0.6) is 5.88 Å². The lowest BCUT2D eigenvalue weighted by molar-refractivity contribution is 0.287. The van der Waals surface area contributed by atoms with Gasteiger partial charge in [-0.2, -0.15) is 4.98 Å². The van der Waals surface area contributed by atoms with Crippen LogP contribution in [0.3, 0.4) is 0 Å². The number of benzene rings is 1. The van der Waals surface area contributed by atoms with Crippen LogP contribution < -0.4 is 15.3 Å². The van der Waals surface area contributed by atoms with E-state index in [0.29, 0.717) is 24.1 Å². The van der Waals surface area contributed by atoms with Crippen molar-refractivity contribution in [3.05, 3.63) is 51.4 Å². The van der Waals surface area contributed by atoms with E-state index in [1.54, 1.807) is 4.57 Å². The van der Waals surface area contributed by atoms with E-state index in [1.807, 2.05) is 37.4 Å². The molecule has 0 aliphatic carbocycles. The molecule has 2 heterocycles. The topological polar surface area (TPSA) is 47.4 Å². The Morgan fingerprint density at radius 1 is 1.35 bits per heavy atom. The zero-order chi connectivity index (χ0) is 16.6. The molecule has 0 amide bonds. The Morgan fingerprint density at radius 3 is 2.87 bits per heavy atom. The molecule has 0 N–H and O–H groups in total. The fraction of sp³-hybridized carbons (Fsp3) is 0.412. The molecule has 2 aromatic rings. The summed E-state index contributed by atoms with van der Waals surface area (Å²) in [6, 6.07) is 9.26. The molecule has 0 bridgehead atoms. The maximum absolute atomic E-state index is 12.2. The molecule has 0 unspecified atom stereocenters. The van der Waals surface area contributed by atoms with E-state index in [9.17, 15) is 4.79 Å². The number of rotatable bonds is 3. The zero-order valence-electron chi connectivity index (χ0n) is 13.5. The van der Waals surface area contributed by atoms with E-state index in [4.69, 9.17) is 16.3 Å². The van der Waals surface area contributed by atoms with Gasteiger partial charge in [0.2, 0.25) is 5.88 Å². The molecule has 1 aromatic heterocycles. The van der Waals surface area contributed by atoms with Crippen molar-refractivity contribution in [1.82, 2.24) is 9.55 Å². The Morgan fingerprint density at radius 2 is 2.13 bits per heavy atom. The second-order valence-corrected chi connectivity index (χ2v) is 6.86. The predicted octanol–water partition coefficient (Wildman–Crippen LogP) is 3.09. The second-order valence-electron chi connectivity index (χ2n) is 6.43. The third kappa shape index (κ3) is 3.20. The highest BCUT2D eigenvalue weighted by Crippen LogP contribution is 2.31. The van der Waals surface area contributed by atoms with E-state index in [1.165, 1.54) is 0 Å². The zero-order valence-corrected chi connectivity index (χ0v) is 14.3. The molecule has 1 aromatic carbocycles. The SMILES string of the molecule is CN1c2cc(OCc3cccc(Cl)c3)nc(=O)n2CCC1(C)C. The average molecular weight is 334 g/mol. The van der Waals surface area contributed by atoms with Crippen LogP contribution in [-0.4, -0.2) is 22.1 Å². The number of ether oxygens (including phenoxy) is 1. The lowest BCUT2D eigenvalue weighted by atomic mass is 9.96. The summed E-state index contributed by atoms with van der Waals surface area (Å²) in [5.74, 6) is 1.17. The van der Waals surface area contributed by atoms with Gasteiger partial charge >= 0.3 is 5.69 Å². The summed E-state index contributed by atoms with van der Waals surface area (Å²) in [5, 5.41) is 0.658. The molecule has 1 aliphatic heterocycles. The van der Waals surface area contributed by atoms with E-state index < -0.39 is 0 Å². The predicted molar refractivity (Wildman–Crippen MR) is 91.4 cm³/mol. The summed E-state index contributed by atoms with van der Waals surface area (Å²) in [6.07, 6.45) is 0.904. The Labute approximate surface area is 140 Å². The summed E-state index contributed by atoms with van der Waals surface area (Å²) in [7, 11) is 1.99. The van der Waals surface area contributed by atoms with Crippen LogP contribution in [0, 0.1) is 0 Å². The number of nitrogens with zero attached hydrogens (tertiary/aromatic N) is 3. The summed E-state index contributed by atoms with van der Waals surface area (Å²) >= 11 is 5.97. The van der Waals surface area contributed by atoms with Gasteiger partial charge in [-0.1, -0.05) is 23.7 Å². The second kappa shape index (κ2) is 5.89. The molecule has 0 saturated heterocycles. The monoisotopic (exact) mass is 333 g/mol. The van der Waals surface area contributed by atoms with Crippen LogP contribution in [-0.2, 0) is 13.2 Å². The fourth-order valence-electron chi connectivity index (χ4n) is 2.68. The average Bonchev–Trinajstić information content (AvgIpc) is 2.49. The smallest absolute Gasteiger partial charge is 0.352 e. The minimum atomic E-state index is -0.272. The van der Waals surface area contributed by atoms with Crippen molar-refractivity contribution in [2.24, 2.45) is 0 Å². The van der Waals surface area contributed by atoms with Gasteiger partial charge in [0, 0.05) is 30.2 Å². The number of fused-ring (bicyclic) bond motifs is 1.